The van der Waals surface area contributed by atoms with Gasteiger partial charge < -0.3 is 20.2 Å². The van der Waals surface area contributed by atoms with Gasteiger partial charge in [0.25, 0.3) is 11.8 Å². The van der Waals surface area contributed by atoms with Gasteiger partial charge in [0.1, 0.15) is 23.0 Å². The first-order valence-corrected chi connectivity index (χ1v) is 8.80. The van der Waals surface area contributed by atoms with Crippen LogP contribution in [0, 0.1) is 6.92 Å². The number of aromatic amines is 1. The number of nitrogens with two attached hydrogens (primary N) is 1. The number of aryl methyl sites for hydroxylation is 1. The van der Waals surface area contributed by atoms with Gasteiger partial charge in [-0.15, -0.1) is 0 Å². The Bertz CT molecular complexity index is 979. The Morgan fingerprint density at radius 3 is 2.63 bits per heavy atom. The van der Waals surface area contributed by atoms with E-state index < -0.39 is 5.91 Å². The van der Waals surface area contributed by atoms with Crippen molar-refractivity contribution in [1.29, 1.82) is 0 Å². The molecule has 8 nitrogen and oxygen atoms in total. The average Bonchev–Trinajstić information content (AvgIpc) is 3.20. The third-order valence-electron chi connectivity index (χ3n) is 4.75. The lowest BCUT2D eigenvalue weighted by Gasteiger charge is -2.19. The molecule has 8 heteroatoms. The molecule has 0 spiro atoms. The Morgan fingerprint density at radius 1 is 1.11 bits per heavy atom. The van der Waals surface area contributed by atoms with Crippen molar-refractivity contribution < 1.29 is 9.59 Å². The Labute approximate surface area is 156 Å². The Balaban J connectivity index is 1.53. The average molecular weight is 364 g/mol. The highest BCUT2D eigenvalue weighted by atomic mass is 16.2. The lowest BCUT2D eigenvalue weighted by Crippen LogP contribution is -2.34. The van der Waals surface area contributed by atoms with Crippen LogP contribution in [0.25, 0.3) is 11.4 Å². The molecule has 1 aliphatic heterocycles. The van der Waals surface area contributed by atoms with Crippen molar-refractivity contribution in [2.75, 3.05) is 13.1 Å². The molecule has 0 aliphatic carbocycles. The number of fused-ring (bicyclic) bond motifs is 1. The molecule has 0 bridgehead atoms. The molecule has 1 aliphatic rings. The SMILES string of the molecule is Cc1[nH]c(-c2ccccc2)nc1C(=O)N1CCc2nc(C(N)=O)cn2CC1. The number of carbonyl (C=O) groups excluding carboxylic acids is 2. The topological polar surface area (TPSA) is 110 Å². The molecule has 2 aromatic heterocycles. The van der Waals surface area contributed by atoms with E-state index in [-0.39, 0.29) is 11.6 Å². The molecular weight excluding hydrogens is 344 g/mol. The lowest BCUT2D eigenvalue weighted by atomic mass is 10.2. The summed E-state index contributed by atoms with van der Waals surface area (Å²) in [6, 6.07) is 9.72. The first-order chi connectivity index (χ1) is 13.0. The molecule has 1 aromatic carbocycles. The zero-order valence-electron chi connectivity index (χ0n) is 15.0. The maximum atomic E-state index is 13.0. The van der Waals surface area contributed by atoms with E-state index in [0.717, 1.165) is 17.1 Å². The van der Waals surface area contributed by atoms with Crippen molar-refractivity contribution in [3.63, 3.8) is 0 Å². The standard InChI is InChI=1S/C19H20N6O2/c1-12-16(23-18(21-12)13-5-3-2-4-6-13)19(27)24-8-7-15-22-14(17(20)26)11-25(15)10-9-24/h2-6,11H,7-10H2,1H3,(H2,20,26)(H,21,23). The molecule has 0 saturated heterocycles. The van der Waals surface area contributed by atoms with Gasteiger partial charge in [-0.2, -0.15) is 0 Å². The van der Waals surface area contributed by atoms with Gasteiger partial charge in [0.2, 0.25) is 0 Å². The van der Waals surface area contributed by atoms with Crippen LogP contribution >= 0.6 is 0 Å². The second kappa shape index (κ2) is 6.71. The Kier molecular flexibility index (Phi) is 4.23. The summed E-state index contributed by atoms with van der Waals surface area (Å²) in [6.07, 6.45) is 2.22. The molecule has 3 aromatic rings. The summed E-state index contributed by atoms with van der Waals surface area (Å²) in [4.78, 5) is 38.1. The molecular formula is C19H20N6O2. The molecule has 2 amide bonds. The summed E-state index contributed by atoms with van der Waals surface area (Å²) in [7, 11) is 0. The molecule has 0 fully saturated rings. The molecule has 0 atom stereocenters. The third kappa shape index (κ3) is 3.21. The number of nitrogens with zero attached hydrogens (tertiary/aromatic N) is 4. The Morgan fingerprint density at radius 2 is 1.89 bits per heavy atom. The molecule has 0 radical (unpaired) electrons. The van der Waals surface area contributed by atoms with Gasteiger partial charge in [-0.1, -0.05) is 30.3 Å². The summed E-state index contributed by atoms with van der Waals surface area (Å²) >= 11 is 0. The van der Waals surface area contributed by atoms with Crippen LogP contribution < -0.4 is 5.73 Å². The van der Waals surface area contributed by atoms with Gasteiger partial charge in [-0.05, 0) is 6.92 Å². The van der Waals surface area contributed by atoms with Gasteiger partial charge >= 0.3 is 0 Å². The minimum Gasteiger partial charge on any atom is -0.364 e. The second-order valence-electron chi connectivity index (χ2n) is 6.57. The van der Waals surface area contributed by atoms with E-state index in [0.29, 0.717) is 37.6 Å². The van der Waals surface area contributed by atoms with E-state index in [1.54, 1.807) is 11.1 Å². The summed E-state index contributed by atoms with van der Waals surface area (Å²) < 4.78 is 1.89. The van der Waals surface area contributed by atoms with Crippen LogP contribution in [-0.2, 0) is 13.0 Å². The van der Waals surface area contributed by atoms with E-state index >= 15 is 0 Å². The molecule has 138 valence electrons. The van der Waals surface area contributed by atoms with Crippen molar-refractivity contribution in [1.82, 2.24) is 24.4 Å². The van der Waals surface area contributed by atoms with E-state index in [1.807, 2.05) is 41.8 Å². The summed E-state index contributed by atoms with van der Waals surface area (Å²) in [5.74, 6) is 0.809. The lowest BCUT2D eigenvalue weighted by molar-refractivity contribution is 0.0752. The van der Waals surface area contributed by atoms with Crippen LogP contribution in [-0.4, -0.2) is 49.3 Å². The minimum atomic E-state index is -0.538. The smallest absolute Gasteiger partial charge is 0.274 e. The van der Waals surface area contributed by atoms with Gasteiger partial charge in [-0.3, -0.25) is 9.59 Å². The van der Waals surface area contributed by atoms with Gasteiger partial charge in [-0.25, -0.2) is 9.97 Å². The summed E-state index contributed by atoms with van der Waals surface area (Å²) in [6.45, 7) is 3.46. The molecule has 0 unspecified atom stereocenters. The number of carbonyl (C=O) groups is 2. The quantitative estimate of drug-likeness (QED) is 0.731. The number of rotatable bonds is 3. The molecule has 27 heavy (non-hydrogen) atoms. The highest BCUT2D eigenvalue weighted by Crippen LogP contribution is 2.19. The molecule has 3 N–H and O–H groups in total. The Hall–Kier alpha value is -3.42. The third-order valence-corrected chi connectivity index (χ3v) is 4.75. The van der Waals surface area contributed by atoms with Gasteiger partial charge in [0.05, 0.1) is 0 Å². The van der Waals surface area contributed by atoms with Crippen LogP contribution in [0.2, 0.25) is 0 Å². The van der Waals surface area contributed by atoms with E-state index in [1.165, 1.54) is 0 Å². The van der Waals surface area contributed by atoms with E-state index in [9.17, 15) is 9.59 Å². The molecule has 0 saturated carbocycles. The number of amides is 2. The normalized spacial score (nSPS) is 13.9. The second-order valence-corrected chi connectivity index (χ2v) is 6.57. The summed E-state index contributed by atoms with van der Waals surface area (Å²) in [5, 5.41) is 0. The fraction of sp³-hybridized carbons (Fsp3) is 0.263. The number of imidazole rings is 2. The number of aromatic nitrogens is 4. The van der Waals surface area contributed by atoms with Crippen LogP contribution in [0.5, 0.6) is 0 Å². The minimum absolute atomic E-state index is 0.105. The number of H-pyrrole nitrogens is 1. The zero-order chi connectivity index (χ0) is 19.0. The van der Waals surface area contributed by atoms with Crippen LogP contribution in [0.3, 0.4) is 0 Å². The first kappa shape index (κ1) is 17.0. The number of nitrogens with one attached hydrogen (secondary N) is 1. The van der Waals surface area contributed by atoms with E-state index in [2.05, 4.69) is 15.0 Å². The maximum Gasteiger partial charge on any atom is 0.274 e. The van der Waals surface area contributed by atoms with Crippen molar-refractivity contribution in [2.24, 2.45) is 5.73 Å². The van der Waals surface area contributed by atoms with Gasteiger partial charge in [0.15, 0.2) is 0 Å². The van der Waals surface area contributed by atoms with Crippen molar-refractivity contribution in [2.45, 2.75) is 19.9 Å². The number of benzene rings is 1. The monoisotopic (exact) mass is 364 g/mol. The summed E-state index contributed by atoms with van der Waals surface area (Å²) in [5.41, 5.74) is 7.68. The fourth-order valence-electron chi connectivity index (χ4n) is 3.30. The highest BCUT2D eigenvalue weighted by molar-refractivity contribution is 5.94. The van der Waals surface area contributed by atoms with Gasteiger partial charge in [0, 0.05) is 43.5 Å². The largest absolute Gasteiger partial charge is 0.364 e. The van der Waals surface area contributed by atoms with Crippen molar-refractivity contribution >= 4 is 11.8 Å². The van der Waals surface area contributed by atoms with Crippen LogP contribution in [0.4, 0.5) is 0 Å². The zero-order valence-corrected chi connectivity index (χ0v) is 15.0. The molecule has 3 heterocycles. The molecule has 4 rings (SSSR count). The van der Waals surface area contributed by atoms with Crippen molar-refractivity contribution in [3.05, 3.63) is 59.4 Å². The first-order valence-electron chi connectivity index (χ1n) is 8.80. The highest BCUT2D eigenvalue weighted by Gasteiger charge is 2.25. The van der Waals surface area contributed by atoms with E-state index in [4.69, 9.17) is 5.73 Å². The number of primary amides is 1. The number of hydrogen-bond donors (Lipinski definition) is 2. The predicted molar refractivity (Wildman–Crippen MR) is 99.1 cm³/mol. The fourth-order valence-corrected chi connectivity index (χ4v) is 3.30. The van der Waals surface area contributed by atoms with Crippen LogP contribution in [0.15, 0.2) is 36.5 Å². The van der Waals surface area contributed by atoms with Crippen LogP contribution in [0.1, 0.15) is 32.5 Å². The number of hydrogen-bond acceptors (Lipinski definition) is 4. The maximum absolute atomic E-state index is 13.0. The van der Waals surface area contributed by atoms with Crippen molar-refractivity contribution in [3.8, 4) is 11.4 Å². The predicted octanol–water partition coefficient (Wildman–Crippen LogP) is 1.38.